The number of halogens is 13. The molecule has 254 valence electrons. The second-order valence-electron chi connectivity index (χ2n) is 12.6. The third-order valence-corrected chi connectivity index (χ3v) is 9.72. The van der Waals surface area contributed by atoms with Gasteiger partial charge in [0.2, 0.25) is 0 Å². The van der Waals surface area contributed by atoms with E-state index < -0.39 is 48.6 Å². The summed E-state index contributed by atoms with van der Waals surface area (Å²) in [5, 5.41) is 0. The van der Waals surface area contributed by atoms with Gasteiger partial charge in [-0.1, -0.05) is 69.7 Å². The molecule has 0 aliphatic heterocycles. The molecule has 0 unspecified atom stereocenters. The molecule has 0 heterocycles. The van der Waals surface area contributed by atoms with Gasteiger partial charge in [0.15, 0.2) is 0 Å². The molecule has 0 N–H and O–H groups in total. The number of benzene rings is 1. The van der Waals surface area contributed by atoms with Crippen LogP contribution in [-0.2, 0) is 6.42 Å². The fourth-order valence-electron chi connectivity index (χ4n) is 6.77. The summed E-state index contributed by atoms with van der Waals surface area (Å²) in [7, 11) is 0. The van der Waals surface area contributed by atoms with Crippen molar-refractivity contribution in [1.82, 2.24) is 0 Å². The Morgan fingerprint density at radius 3 is 1.52 bits per heavy atom. The number of aryl methyl sites for hydroxylation is 1. The molecule has 0 nitrogen and oxygen atoms in total. The Hall–Kier alpha value is -1.69. The molecular formula is C31H39F13. The van der Waals surface area contributed by atoms with E-state index in [-0.39, 0.29) is 11.5 Å². The third kappa shape index (κ3) is 7.31. The van der Waals surface area contributed by atoms with Crippen molar-refractivity contribution in [2.24, 2.45) is 17.8 Å². The summed E-state index contributed by atoms with van der Waals surface area (Å²) in [5.74, 6) is -34.3. The fourth-order valence-corrected chi connectivity index (χ4v) is 6.77. The lowest BCUT2D eigenvalue weighted by Gasteiger charge is -2.39. The lowest BCUT2D eigenvalue weighted by atomic mass is 9.68. The van der Waals surface area contributed by atoms with Gasteiger partial charge in [-0.25, -0.2) is 0 Å². The quantitative estimate of drug-likeness (QED) is 0.146. The SMILES string of the molecule is CCCCC[C@H]1CC[C@H](C2CCC(c3ccc(CCC(F)(F)C(F)(F)C(F)(F)C(F)(F)C(F)(F)C(F)(F)F)cc3)CC2)CC1. The number of unbranched alkanes of at least 4 members (excludes halogenated alkanes) is 2. The Kier molecular flexibility index (Phi) is 11.3. The molecule has 13 heteroatoms. The van der Waals surface area contributed by atoms with Crippen LogP contribution in [0.3, 0.4) is 0 Å². The van der Waals surface area contributed by atoms with Crippen LogP contribution in [0.5, 0.6) is 0 Å². The number of hydrogen-bond donors (Lipinski definition) is 0. The van der Waals surface area contributed by atoms with Crippen LogP contribution in [0.1, 0.15) is 107 Å². The van der Waals surface area contributed by atoms with Crippen molar-refractivity contribution < 1.29 is 57.1 Å². The Morgan fingerprint density at radius 2 is 1.05 bits per heavy atom. The van der Waals surface area contributed by atoms with Gasteiger partial charge >= 0.3 is 35.8 Å². The molecule has 2 aliphatic carbocycles. The fraction of sp³-hybridized carbons (Fsp3) is 0.806. The highest BCUT2D eigenvalue weighted by Crippen LogP contribution is 2.60. The molecule has 2 fully saturated rings. The first-order valence-corrected chi connectivity index (χ1v) is 15.2. The van der Waals surface area contributed by atoms with E-state index in [9.17, 15) is 57.1 Å². The first-order valence-electron chi connectivity index (χ1n) is 15.2. The molecule has 2 saturated carbocycles. The van der Waals surface area contributed by atoms with Gasteiger partial charge in [-0.05, 0) is 79.7 Å². The van der Waals surface area contributed by atoms with Crippen molar-refractivity contribution >= 4 is 0 Å². The van der Waals surface area contributed by atoms with Gasteiger partial charge in [0.05, 0.1) is 0 Å². The number of alkyl halides is 13. The van der Waals surface area contributed by atoms with Crippen molar-refractivity contribution in [3.63, 3.8) is 0 Å². The summed E-state index contributed by atoms with van der Waals surface area (Å²) >= 11 is 0. The van der Waals surface area contributed by atoms with Crippen LogP contribution in [-0.4, -0.2) is 35.8 Å². The molecule has 0 spiro atoms. The summed E-state index contributed by atoms with van der Waals surface area (Å²) in [6.07, 6.45) is 3.28. The molecule has 1 aromatic rings. The van der Waals surface area contributed by atoms with E-state index in [2.05, 4.69) is 6.92 Å². The van der Waals surface area contributed by atoms with E-state index in [1.807, 2.05) is 0 Å². The number of rotatable bonds is 13. The summed E-state index contributed by atoms with van der Waals surface area (Å²) in [5.41, 5.74) is 0.814. The highest BCUT2D eigenvalue weighted by molar-refractivity contribution is 5.26. The summed E-state index contributed by atoms with van der Waals surface area (Å²) < 4.78 is 173. The highest BCUT2D eigenvalue weighted by atomic mass is 19.4. The van der Waals surface area contributed by atoms with Crippen LogP contribution < -0.4 is 0 Å². The van der Waals surface area contributed by atoms with Crippen LogP contribution >= 0.6 is 0 Å². The normalized spacial score (nSPS) is 24.9. The summed E-state index contributed by atoms with van der Waals surface area (Å²) in [6, 6.07) is 5.73. The van der Waals surface area contributed by atoms with Gasteiger partial charge in [0.1, 0.15) is 0 Å². The first-order chi connectivity index (χ1) is 20.2. The van der Waals surface area contributed by atoms with Crippen molar-refractivity contribution in [2.75, 3.05) is 0 Å². The smallest absolute Gasteiger partial charge is 0.200 e. The average molecular weight is 659 g/mol. The molecular weight excluding hydrogens is 619 g/mol. The molecule has 0 saturated heterocycles. The predicted octanol–water partition coefficient (Wildman–Crippen LogP) is 12.0. The van der Waals surface area contributed by atoms with Crippen molar-refractivity contribution in [1.29, 1.82) is 0 Å². The van der Waals surface area contributed by atoms with Gasteiger partial charge in [0.25, 0.3) is 0 Å². The zero-order valence-electron chi connectivity index (χ0n) is 24.4. The van der Waals surface area contributed by atoms with Crippen molar-refractivity contribution in [3.05, 3.63) is 35.4 Å². The zero-order valence-corrected chi connectivity index (χ0v) is 24.4. The third-order valence-electron chi connectivity index (χ3n) is 9.72. The Labute approximate surface area is 249 Å². The summed E-state index contributed by atoms with van der Waals surface area (Å²) in [6.45, 7) is 2.19. The maximum Gasteiger partial charge on any atom is 0.460 e. The van der Waals surface area contributed by atoms with Gasteiger partial charge in [0, 0.05) is 6.42 Å². The average Bonchev–Trinajstić information content (AvgIpc) is 2.96. The van der Waals surface area contributed by atoms with E-state index in [1.54, 1.807) is 12.1 Å². The largest absolute Gasteiger partial charge is 0.460 e. The van der Waals surface area contributed by atoms with Crippen LogP contribution in [0, 0.1) is 17.8 Å². The van der Waals surface area contributed by atoms with Gasteiger partial charge in [-0.3, -0.25) is 0 Å². The van der Waals surface area contributed by atoms with E-state index in [4.69, 9.17) is 0 Å². The summed E-state index contributed by atoms with van der Waals surface area (Å²) in [4.78, 5) is 0. The van der Waals surface area contributed by atoms with Gasteiger partial charge in [-0.15, -0.1) is 0 Å². The standard InChI is InChI=1S/C31H39F13/c1-2-3-4-5-20-6-10-22(11-7-20)24-14-16-25(17-15-24)23-12-8-21(9-13-23)18-19-26(32,33)27(34,35)28(36,37)29(38,39)30(40,41)31(42,43)44/h8-9,12-13,20,22,24-25H,2-7,10-11,14-19H2,1H3/t20-,22-,24?,25?. The van der Waals surface area contributed by atoms with E-state index in [1.165, 1.54) is 63.5 Å². The topological polar surface area (TPSA) is 0 Å². The Morgan fingerprint density at radius 1 is 0.568 bits per heavy atom. The second kappa shape index (κ2) is 13.6. The Balaban J connectivity index is 1.55. The number of hydrogen-bond acceptors (Lipinski definition) is 0. The van der Waals surface area contributed by atoms with E-state index in [0.717, 1.165) is 37.2 Å². The molecule has 1 aromatic carbocycles. The zero-order chi connectivity index (χ0) is 33.2. The predicted molar refractivity (Wildman–Crippen MR) is 140 cm³/mol. The van der Waals surface area contributed by atoms with E-state index in [0.29, 0.717) is 11.8 Å². The minimum Gasteiger partial charge on any atom is -0.200 e. The lowest BCUT2D eigenvalue weighted by Crippen LogP contribution is -2.70. The molecule has 0 amide bonds. The van der Waals surface area contributed by atoms with Crippen LogP contribution in [0.25, 0.3) is 0 Å². The van der Waals surface area contributed by atoms with Gasteiger partial charge < -0.3 is 0 Å². The second-order valence-corrected chi connectivity index (χ2v) is 12.6. The molecule has 0 bridgehead atoms. The van der Waals surface area contributed by atoms with Crippen LogP contribution in [0.15, 0.2) is 24.3 Å². The minimum atomic E-state index is -7.86. The Bertz CT molecular complexity index is 1030. The lowest BCUT2D eigenvalue weighted by molar-refractivity contribution is -0.440. The van der Waals surface area contributed by atoms with Crippen LogP contribution in [0.4, 0.5) is 57.1 Å². The van der Waals surface area contributed by atoms with Crippen molar-refractivity contribution in [3.8, 4) is 0 Å². The maximum absolute atomic E-state index is 14.2. The van der Waals surface area contributed by atoms with Gasteiger partial charge in [-0.2, -0.15) is 57.1 Å². The molecule has 0 atom stereocenters. The highest BCUT2D eigenvalue weighted by Gasteiger charge is 2.90. The molecule has 0 aromatic heterocycles. The maximum atomic E-state index is 14.2. The monoisotopic (exact) mass is 658 g/mol. The van der Waals surface area contributed by atoms with Crippen LogP contribution in [0.2, 0.25) is 0 Å². The molecule has 44 heavy (non-hydrogen) atoms. The first kappa shape index (κ1) is 36.8. The van der Waals surface area contributed by atoms with E-state index >= 15 is 0 Å². The molecule has 2 aliphatic rings. The minimum absolute atomic E-state index is 0.0516. The van der Waals surface area contributed by atoms with Crippen molar-refractivity contribution in [2.45, 2.75) is 139 Å². The molecule has 3 rings (SSSR count). The molecule has 0 radical (unpaired) electrons.